The summed E-state index contributed by atoms with van der Waals surface area (Å²) in [7, 11) is 1.55. The first-order chi connectivity index (χ1) is 11.8. The maximum absolute atomic E-state index is 12.6. The van der Waals surface area contributed by atoms with E-state index in [4.69, 9.17) is 5.11 Å². The second kappa shape index (κ2) is 8.04. The van der Waals surface area contributed by atoms with Crippen LogP contribution in [0.5, 0.6) is 0 Å². The molecule has 0 spiro atoms. The Kier molecular flexibility index (Phi) is 6.06. The predicted molar refractivity (Wildman–Crippen MR) is 90.0 cm³/mol. The van der Waals surface area contributed by atoms with Gasteiger partial charge in [-0.05, 0) is 18.8 Å². The number of likely N-dealkylation sites (tertiary alicyclic amines) is 1. The highest BCUT2D eigenvalue weighted by molar-refractivity contribution is 5.97. The SMILES string of the molecule is CC(C)c1ncncc1C(=O)N(C)CC(=O)N1CCCC(C(=O)O)C1. The Hall–Kier alpha value is -2.51. The van der Waals surface area contributed by atoms with E-state index >= 15 is 0 Å². The molecule has 0 aromatic carbocycles. The number of aliphatic carboxylic acids is 1. The zero-order valence-electron chi connectivity index (χ0n) is 14.8. The van der Waals surface area contributed by atoms with Gasteiger partial charge >= 0.3 is 5.97 Å². The Morgan fingerprint density at radius 1 is 1.40 bits per heavy atom. The molecule has 1 aliphatic heterocycles. The van der Waals surface area contributed by atoms with Gasteiger partial charge in [-0.3, -0.25) is 14.4 Å². The Morgan fingerprint density at radius 3 is 2.76 bits per heavy atom. The lowest BCUT2D eigenvalue weighted by molar-refractivity contribution is -0.145. The highest BCUT2D eigenvalue weighted by Gasteiger charge is 2.29. The molecule has 136 valence electrons. The van der Waals surface area contributed by atoms with E-state index in [9.17, 15) is 14.4 Å². The van der Waals surface area contributed by atoms with E-state index < -0.39 is 11.9 Å². The van der Waals surface area contributed by atoms with E-state index in [1.54, 1.807) is 7.05 Å². The highest BCUT2D eigenvalue weighted by Crippen LogP contribution is 2.19. The lowest BCUT2D eigenvalue weighted by atomic mass is 9.98. The summed E-state index contributed by atoms with van der Waals surface area (Å²) >= 11 is 0. The molecule has 8 nitrogen and oxygen atoms in total. The summed E-state index contributed by atoms with van der Waals surface area (Å²) in [5, 5.41) is 9.12. The zero-order chi connectivity index (χ0) is 18.6. The van der Waals surface area contributed by atoms with Gasteiger partial charge in [-0.2, -0.15) is 0 Å². The molecule has 2 heterocycles. The van der Waals surface area contributed by atoms with Gasteiger partial charge in [0.15, 0.2) is 0 Å². The van der Waals surface area contributed by atoms with Crippen LogP contribution in [-0.2, 0) is 9.59 Å². The number of amides is 2. The van der Waals surface area contributed by atoms with Gasteiger partial charge in [-0.25, -0.2) is 9.97 Å². The number of carbonyl (C=O) groups excluding carboxylic acids is 2. The molecule has 1 N–H and O–H groups in total. The summed E-state index contributed by atoms with van der Waals surface area (Å²) in [6, 6.07) is 0. The average Bonchev–Trinajstić information content (AvgIpc) is 2.60. The Labute approximate surface area is 146 Å². The summed E-state index contributed by atoms with van der Waals surface area (Å²) in [6.07, 6.45) is 4.10. The standard InChI is InChI=1S/C17H24N4O4/c1-11(2)15-13(7-18-10-19-15)16(23)20(3)9-14(22)21-6-4-5-12(8-21)17(24)25/h7,10-12H,4-6,8-9H2,1-3H3,(H,24,25). The van der Waals surface area contributed by atoms with E-state index in [2.05, 4.69) is 9.97 Å². The van der Waals surface area contributed by atoms with E-state index in [-0.39, 0.29) is 30.8 Å². The number of hydrogen-bond acceptors (Lipinski definition) is 5. The topological polar surface area (TPSA) is 104 Å². The van der Waals surface area contributed by atoms with Gasteiger partial charge in [0.05, 0.1) is 23.7 Å². The molecule has 2 rings (SSSR count). The summed E-state index contributed by atoms with van der Waals surface area (Å²) in [5.41, 5.74) is 1.03. The van der Waals surface area contributed by atoms with Crippen molar-refractivity contribution in [3.8, 4) is 0 Å². The Morgan fingerprint density at radius 2 is 2.12 bits per heavy atom. The van der Waals surface area contributed by atoms with Crippen molar-refractivity contribution >= 4 is 17.8 Å². The van der Waals surface area contributed by atoms with E-state index in [0.29, 0.717) is 30.6 Å². The first kappa shape index (κ1) is 18.8. The average molecular weight is 348 g/mol. The third-order valence-corrected chi connectivity index (χ3v) is 4.36. The number of hydrogen-bond donors (Lipinski definition) is 1. The van der Waals surface area contributed by atoms with Crippen LogP contribution in [-0.4, -0.2) is 69.3 Å². The van der Waals surface area contributed by atoms with Gasteiger partial charge in [0.2, 0.25) is 5.91 Å². The van der Waals surface area contributed by atoms with Gasteiger partial charge in [-0.15, -0.1) is 0 Å². The van der Waals surface area contributed by atoms with Gasteiger partial charge in [-0.1, -0.05) is 13.8 Å². The van der Waals surface area contributed by atoms with Crippen LogP contribution >= 0.6 is 0 Å². The van der Waals surface area contributed by atoms with Crippen LogP contribution in [0.1, 0.15) is 48.7 Å². The minimum atomic E-state index is -0.884. The van der Waals surface area contributed by atoms with Gasteiger partial charge < -0.3 is 14.9 Å². The molecule has 1 saturated heterocycles. The molecule has 1 aliphatic rings. The van der Waals surface area contributed by atoms with Crippen LogP contribution in [0.4, 0.5) is 0 Å². The molecule has 1 atom stereocenters. The highest BCUT2D eigenvalue weighted by atomic mass is 16.4. The molecule has 0 saturated carbocycles. The van der Waals surface area contributed by atoms with Gasteiger partial charge in [0, 0.05) is 26.3 Å². The molecule has 1 unspecified atom stereocenters. The third-order valence-electron chi connectivity index (χ3n) is 4.36. The van der Waals surface area contributed by atoms with Gasteiger partial charge in [0.1, 0.15) is 6.33 Å². The largest absolute Gasteiger partial charge is 0.481 e. The van der Waals surface area contributed by atoms with Crippen molar-refractivity contribution in [1.29, 1.82) is 0 Å². The lowest BCUT2D eigenvalue weighted by Gasteiger charge is -2.32. The van der Waals surface area contributed by atoms with Crippen molar-refractivity contribution in [2.75, 3.05) is 26.7 Å². The molecule has 25 heavy (non-hydrogen) atoms. The number of piperidine rings is 1. The molecular weight excluding hydrogens is 324 g/mol. The second-order valence-corrected chi connectivity index (χ2v) is 6.65. The lowest BCUT2D eigenvalue weighted by Crippen LogP contribution is -2.47. The first-order valence-electron chi connectivity index (χ1n) is 8.37. The first-order valence-corrected chi connectivity index (χ1v) is 8.37. The predicted octanol–water partition coefficient (Wildman–Crippen LogP) is 0.995. The van der Waals surface area contributed by atoms with Gasteiger partial charge in [0.25, 0.3) is 5.91 Å². The van der Waals surface area contributed by atoms with Crippen LogP contribution < -0.4 is 0 Å². The maximum atomic E-state index is 12.6. The molecule has 1 aromatic heterocycles. The summed E-state index contributed by atoms with van der Waals surface area (Å²) in [6.45, 7) is 4.49. The van der Waals surface area contributed by atoms with Crippen molar-refractivity contribution in [2.45, 2.75) is 32.6 Å². The number of likely N-dealkylation sites (N-methyl/N-ethyl adjacent to an activating group) is 1. The molecule has 1 aromatic rings. The van der Waals surface area contributed by atoms with E-state index in [1.807, 2.05) is 13.8 Å². The molecule has 2 amide bonds. The van der Waals surface area contributed by atoms with Crippen molar-refractivity contribution in [1.82, 2.24) is 19.8 Å². The Balaban J connectivity index is 2.04. The number of aromatic nitrogens is 2. The van der Waals surface area contributed by atoms with Crippen LogP contribution in [0.25, 0.3) is 0 Å². The zero-order valence-corrected chi connectivity index (χ0v) is 14.8. The van der Waals surface area contributed by atoms with Crippen LogP contribution in [0, 0.1) is 5.92 Å². The number of carbonyl (C=O) groups is 3. The summed E-state index contributed by atoms with van der Waals surface area (Å²) in [4.78, 5) is 47.1. The molecule has 0 aliphatic carbocycles. The Bertz CT molecular complexity index is 662. The van der Waals surface area contributed by atoms with Crippen molar-refractivity contribution in [3.05, 3.63) is 23.8 Å². The minimum absolute atomic E-state index is 0.0597. The maximum Gasteiger partial charge on any atom is 0.308 e. The second-order valence-electron chi connectivity index (χ2n) is 6.65. The monoisotopic (exact) mass is 348 g/mol. The van der Waals surface area contributed by atoms with E-state index in [1.165, 1.54) is 22.3 Å². The number of carboxylic acids is 1. The molecular formula is C17H24N4O4. The fourth-order valence-electron chi connectivity index (χ4n) is 2.95. The van der Waals surface area contributed by atoms with Crippen molar-refractivity contribution in [3.63, 3.8) is 0 Å². The normalized spacial score (nSPS) is 17.4. The smallest absolute Gasteiger partial charge is 0.308 e. The fourth-order valence-corrected chi connectivity index (χ4v) is 2.95. The van der Waals surface area contributed by atoms with Crippen LogP contribution in [0.15, 0.2) is 12.5 Å². The van der Waals surface area contributed by atoms with Crippen LogP contribution in [0.2, 0.25) is 0 Å². The third kappa shape index (κ3) is 4.52. The minimum Gasteiger partial charge on any atom is -0.481 e. The number of rotatable bonds is 5. The molecule has 1 fully saturated rings. The van der Waals surface area contributed by atoms with E-state index in [0.717, 1.165) is 0 Å². The molecule has 0 bridgehead atoms. The van der Waals surface area contributed by atoms with Crippen molar-refractivity contribution in [2.24, 2.45) is 5.92 Å². The van der Waals surface area contributed by atoms with Crippen molar-refractivity contribution < 1.29 is 19.5 Å². The molecule has 8 heteroatoms. The number of nitrogens with zero attached hydrogens (tertiary/aromatic N) is 4. The summed E-state index contributed by atoms with van der Waals surface area (Å²) in [5.74, 6) is -1.92. The quantitative estimate of drug-likeness (QED) is 0.851. The fraction of sp³-hybridized carbons (Fsp3) is 0.588. The van der Waals surface area contributed by atoms with Crippen LogP contribution in [0.3, 0.4) is 0 Å². The molecule has 0 radical (unpaired) electrons. The summed E-state index contributed by atoms with van der Waals surface area (Å²) < 4.78 is 0. The number of carboxylic acid groups (broad SMARTS) is 1.